The molecule has 0 saturated carbocycles. The van der Waals surface area contributed by atoms with Gasteiger partial charge in [-0.15, -0.1) is 0 Å². The number of rotatable bonds is 0. The SMILES string of the molecule is CC1(C)CCC#CC1=O. The van der Waals surface area contributed by atoms with E-state index >= 15 is 0 Å². The van der Waals surface area contributed by atoms with Crippen LogP contribution in [0.1, 0.15) is 26.7 Å². The van der Waals surface area contributed by atoms with Gasteiger partial charge in [-0.05, 0) is 12.3 Å². The Balaban J connectivity index is 2.85. The molecule has 48 valence electrons. The lowest BCUT2D eigenvalue weighted by molar-refractivity contribution is -0.121. The first kappa shape index (κ1) is 6.35. The molecule has 1 heteroatoms. The maximum atomic E-state index is 10.9. The fourth-order valence-electron chi connectivity index (χ4n) is 0.801. The second kappa shape index (κ2) is 1.88. The molecule has 9 heavy (non-hydrogen) atoms. The minimum Gasteiger partial charge on any atom is -0.284 e. The Morgan fingerprint density at radius 1 is 1.56 bits per heavy atom. The van der Waals surface area contributed by atoms with E-state index in [0.717, 1.165) is 12.8 Å². The van der Waals surface area contributed by atoms with Gasteiger partial charge < -0.3 is 0 Å². The molecule has 0 aliphatic heterocycles. The van der Waals surface area contributed by atoms with E-state index in [0.29, 0.717) is 0 Å². The first-order chi connectivity index (χ1) is 4.13. The van der Waals surface area contributed by atoms with Crippen molar-refractivity contribution in [2.24, 2.45) is 5.41 Å². The molecule has 1 rings (SSSR count). The van der Waals surface area contributed by atoms with E-state index < -0.39 is 0 Å². The summed E-state index contributed by atoms with van der Waals surface area (Å²) in [5.74, 6) is 5.47. The lowest BCUT2D eigenvalue weighted by Crippen LogP contribution is -2.24. The van der Waals surface area contributed by atoms with Crippen molar-refractivity contribution < 1.29 is 4.79 Å². The van der Waals surface area contributed by atoms with E-state index in [1.54, 1.807) is 0 Å². The van der Waals surface area contributed by atoms with Crippen LogP contribution in [0.15, 0.2) is 0 Å². The average molecular weight is 122 g/mol. The maximum absolute atomic E-state index is 10.9. The Morgan fingerprint density at radius 3 is 2.56 bits per heavy atom. The second-order valence-corrected chi connectivity index (χ2v) is 3.01. The Kier molecular flexibility index (Phi) is 1.32. The van der Waals surface area contributed by atoms with E-state index in [-0.39, 0.29) is 11.2 Å². The molecule has 1 nitrogen and oxygen atoms in total. The maximum Gasteiger partial charge on any atom is 0.211 e. The third-order valence-corrected chi connectivity index (χ3v) is 1.69. The van der Waals surface area contributed by atoms with Crippen LogP contribution >= 0.6 is 0 Å². The molecule has 0 aromatic heterocycles. The van der Waals surface area contributed by atoms with Crippen molar-refractivity contribution in [3.8, 4) is 11.8 Å². The Morgan fingerprint density at radius 2 is 2.22 bits per heavy atom. The molecule has 0 N–H and O–H groups in total. The highest BCUT2D eigenvalue weighted by Gasteiger charge is 2.26. The highest BCUT2D eigenvalue weighted by Crippen LogP contribution is 2.24. The molecule has 0 fully saturated rings. The Bertz CT molecular complexity index is 190. The van der Waals surface area contributed by atoms with Gasteiger partial charge in [0.05, 0.1) is 0 Å². The zero-order valence-corrected chi connectivity index (χ0v) is 5.82. The van der Waals surface area contributed by atoms with Crippen LogP contribution in [0, 0.1) is 17.3 Å². The quantitative estimate of drug-likeness (QED) is 0.350. The summed E-state index contributed by atoms with van der Waals surface area (Å²) in [5, 5.41) is 0. The number of hydrogen-bond donors (Lipinski definition) is 0. The van der Waals surface area contributed by atoms with Gasteiger partial charge >= 0.3 is 0 Å². The van der Waals surface area contributed by atoms with Crippen LogP contribution in [-0.4, -0.2) is 5.78 Å². The number of Topliss-reactive ketones (excluding diaryl/α,β-unsaturated/α-hetero) is 1. The predicted molar refractivity (Wildman–Crippen MR) is 35.8 cm³/mol. The van der Waals surface area contributed by atoms with Gasteiger partial charge in [0.25, 0.3) is 0 Å². The summed E-state index contributed by atoms with van der Waals surface area (Å²) in [5.41, 5.74) is -0.175. The first-order valence-electron chi connectivity index (χ1n) is 3.16. The highest BCUT2D eigenvalue weighted by molar-refractivity contribution is 6.00. The molecule has 0 spiro atoms. The van der Waals surface area contributed by atoms with Gasteiger partial charge in [-0.1, -0.05) is 19.8 Å². The van der Waals surface area contributed by atoms with Crippen molar-refractivity contribution in [3.05, 3.63) is 0 Å². The van der Waals surface area contributed by atoms with Crippen molar-refractivity contribution in [2.45, 2.75) is 26.7 Å². The second-order valence-electron chi connectivity index (χ2n) is 3.01. The van der Waals surface area contributed by atoms with Crippen molar-refractivity contribution in [3.63, 3.8) is 0 Å². The minimum absolute atomic E-state index is 0.0914. The summed E-state index contributed by atoms with van der Waals surface area (Å²) in [7, 11) is 0. The van der Waals surface area contributed by atoms with E-state index in [2.05, 4.69) is 11.8 Å². The van der Waals surface area contributed by atoms with Gasteiger partial charge in [-0.3, -0.25) is 4.79 Å². The fraction of sp³-hybridized carbons (Fsp3) is 0.625. The number of carbonyl (C=O) groups is 1. The smallest absolute Gasteiger partial charge is 0.211 e. The van der Waals surface area contributed by atoms with Crippen molar-refractivity contribution in [1.29, 1.82) is 0 Å². The number of carbonyl (C=O) groups excluding carboxylic acids is 1. The molecule has 1 aliphatic rings. The van der Waals surface area contributed by atoms with Crippen LogP contribution < -0.4 is 0 Å². The summed E-state index contributed by atoms with van der Waals surface area (Å²) < 4.78 is 0. The summed E-state index contributed by atoms with van der Waals surface area (Å²) in [6.07, 6.45) is 1.79. The standard InChI is InChI=1S/C8H10O/c1-8(2)6-4-3-5-7(8)9/h4,6H2,1-2H3. The van der Waals surface area contributed by atoms with Crippen LogP contribution in [-0.2, 0) is 4.79 Å². The summed E-state index contributed by atoms with van der Waals surface area (Å²) in [4.78, 5) is 10.9. The lowest BCUT2D eigenvalue weighted by atomic mass is 9.81. The van der Waals surface area contributed by atoms with E-state index in [1.807, 2.05) is 13.8 Å². The number of ketones is 1. The third-order valence-electron chi connectivity index (χ3n) is 1.69. The zero-order chi connectivity index (χ0) is 6.91. The van der Waals surface area contributed by atoms with Crippen LogP contribution in [0.25, 0.3) is 0 Å². The molecule has 0 bridgehead atoms. The summed E-state index contributed by atoms with van der Waals surface area (Å²) in [6, 6.07) is 0. The van der Waals surface area contributed by atoms with Crippen LogP contribution in [0.3, 0.4) is 0 Å². The molecule has 0 amide bonds. The molecule has 0 aromatic carbocycles. The topological polar surface area (TPSA) is 17.1 Å². The monoisotopic (exact) mass is 122 g/mol. The lowest BCUT2D eigenvalue weighted by Gasteiger charge is -2.20. The normalized spacial score (nSPS) is 22.7. The molecular formula is C8H10O. The summed E-state index contributed by atoms with van der Waals surface area (Å²) in [6.45, 7) is 3.90. The van der Waals surface area contributed by atoms with Gasteiger partial charge in [0.2, 0.25) is 5.78 Å². The molecule has 0 radical (unpaired) electrons. The van der Waals surface area contributed by atoms with Gasteiger partial charge in [-0.2, -0.15) is 0 Å². The van der Waals surface area contributed by atoms with E-state index in [4.69, 9.17) is 0 Å². The van der Waals surface area contributed by atoms with Crippen LogP contribution in [0.5, 0.6) is 0 Å². The van der Waals surface area contributed by atoms with E-state index in [1.165, 1.54) is 0 Å². The Hall–Kier alpha value is -0.770. The molecule has 0 saturated heterocycles. The van der Waals surface area contributed by atoms with Gasteiger partial charge in [-0.25, -0.2) is 0 Å². The first-order valence-corrected chi connectivity index (χ1v) is 3.16. The van der Waals surface area contributed by atoms with Gasteiger partial charge in [0.1, 0.15) is 0 Å². The number of hydrogen-bond acceptors (Lipinski definition) is 1. The van der Waals surface area contributed by atoms with Crippen LogP contribution in [0.4, 0.5) is 0 Å². The Labute approximate surface area is 55.4 Å². The fourth-order valence-corrected chi connectivity index (χ4v) is 0.801. The molecule has 0 aromatic rings. The van der Waals surface area contributed by atoms with Crippen molar-refractivity contribution >= 4 is 5.78 Å². The minimum atomic E-state index is -0.175. The molecular weight excluding hydrogens is 112 g/mol. The molecule has 0 atom stereocenters. The molecule has 0 heterocycles. The summed E-state index contributed by atoms with van der Waals surface area (Å²) >= 11 is 0. The average Bonchev–Trinajstić information content (AvgIpc) is 1.77. The highest BCUT2D eigenvalue weighted by atomic mass is 16.1. The molecule has 0 unspecified atom stereocenters. The zero-order valence-electron chi connectivity index (χ0n) is 5.82. The van der Waals surface area contributed by atoms with Gasteiger partial charge in [0.15, 0.2) is 0 Å². The van der Waals surface area contributed by atoms with Crippen molar-refractivity contribution in [1.82, 2.24) is 0 Å². The van der Waals surface area contributed by atoms with Crippen LogP contribution in [0.2, 0.25) is 0 Å². The predicted octanol–water partition coefficient (Wildman–Crippen LogP) is 1.38. The van der Waals surface area contributed by atoms with E-state index in [9.17, 15) is 4.79 Å². The van der Waals surface area contributed by atoms with Crippen molar-refractivity contribution in [2.75, 3.05) is 0 Å². The molecule has 1 aliphatic carbocycles. The van der Waals surface area contributed by atoms with Gasteiger partial charge in [0, 0.05) is 11.8 Å². The largest absolute Gasteiger partial charge is 0.284 e. The third kappa shape index (κ3) is 1.13.